The van der Waals surface area contributed by atoms with Crippen LogP contribution in [0.4, 0.5) is 34.1 Å². The number of phenols is 2. The molecule has 2 aromatic carbocycles. The Balaban J connectivity index is 0.000000602. The second-order valence-corrected chi connectivity index (χ2v) is 5.21. The first-order valence-corrected chi connectivity index (χ1v) is 7.29. The van der Waals surface area contributed by atoms with Crippen LogP contribution in [0.3, 0.4) is 0 Å². The van der Waals surface area contributed by atoms with Gasteiger partial charge in [-0.3, -0.25) is 60.7 Å². The quantitative estimate of drug-likeness (QED) is 0.273. The van der Waals surface area contributed by atoms with Crippen LogP contribution in [0.1, 0.15) is 0 Å². The Hall–Kier alpha value is -3.99. The van der Waals surface area contributed by atoms with Crippen LogP contribution in [0.5, 0.6) is 11.5 Å². The minimum Gasteiger partial charge on any atom is -0.497 e. The molecule has 21 heteroatoms. The van der Waals surface area contributed by atoms with Gasteiger partial charge in [0, 0.05) is 48.9 Å². The van der Waals surface area contributed by atoms with Crippen molar-refractivity contribution in [3.05, 3.63) is 85.0 Å². The molecule has 170 valence electrons. The number of nitrogens with zero attached hydrogens (tertiary/aromatic N) is 6. The van der Waals surface area contributed by atoms with Gasteiger partial charge in [0.15, 0.2) is 0 Å². The van der Waals surface area contributed by atoms with E-state index in [1.54, 1.807) is 0 Å². The number of benzene rings is 2. The molecule has 0 unspecified atom stereocenters. The molecule has 0 saturated heterocycles. The summed E-state index contributed by atoms with van der Waals surface area (Å²) in [5.74, 6) is -2.42. The molecule has 2 aromatic rings. The van der Waals surface area contributed by atoms with Gasteiger partial charge in [0.05, 0.1) is 53.8 Å². The van der Waals surface area contributed by atoms with Gasteiger partial charge < -0.3 is 10.2 Å². The van der Waals surface area contributed by atoms with Crippen molar-refractivity contribution in [1.29, 1.82) is 0 Å². The maximum absolute atomic E-state index is 10.4. The maximum atomic E-state index is 10.4. The Kier molecular flexibility index (Phi) is 10.2. The van der Waals surface area contributed by atoms with Gasteiger partial charge in [0.1, 0.15) is 0 Å². The molecular weight excluding hydrogens is 589 g/mol. The van der Waals surface area contributed by atoms with Crippen molar-refractivity contribution < 1.29 is 39.8 Å². The van der Waals surface area contributed by atoms with Gasteiger partial charge >= 0.3 is 22.7 Å². The predicted molar refractivity (Wildman–Crippen MR) is 102 cm³/mol. The van der Waals surface area contributed by atoms with Gasteiger partial charge in [0.25, 0.3) is 22.9 Å². The third kappa shape index (κ3) is 7.01. The van der Waals surface area contributed by atoms with Gasteiger partial charge in [-0.15, -0.1) is 0 Å². The summed E-state index contributed by atoms with van der Waals surface area (Å²) in [6, 6.07) is 1.79. The van der Waals surface area contributed by atoms with Crippen LogP contribution >= 0.6 is 0 Å². The van der Waals surface area contributed by atoms with E-state index in [-0.39, 0.29) is 48.9 Å². The first-order valence-electron chi connectivity index (χ1n) is 7.29. The number of nitro groups is 6. The van der Waals surface area contributed by atoms with Crippen LogP contribution in [0.2, 0.25) is 0 Å². The Labute approximate surface area is 218 Å². The van der Waals surface area contributed by atoms with Gasteiger partial charge in [-0.2, -0.15) is 0 Å². The largest absolute Gasteiger partial charge is 0.497 e. The predicted octanol–water partition coefficient (Wildman–Crippen LogP) is 1.85. The van der Waals surface area contributed by atoms with Crippen LogP contribution < -0.4 is 0 Å². The first kappa shape index (κ1) is 29.0. The minimum atomic E-state index is -1.21. The fourth-order valence-corrected chi connectivity index (χ4v) is 1.95. The monoisotopic (exact) mass is 596 g/mol. The fraction of sp³-hybridized carbons (Fsp3) is 0. The number of hydrogen-bond acceptors (Lipinski definition) is 14. The molecule has 0 saturated carbocycles. The molecule has 0 aromatic heterocycles. The molecule has 0 fully saturated rings. The molecule has 2 rings (SSSR count). The topological polar surface area (TPSA) is 299 Å². The zero-order chi connectivity index (χ0) is 24.9. The smallest absolute Gasteiger partial charge is 0.324 e. The van der Waals surface area contributed by atoms with Crippen molar-refractivity contribution in [2.24, 2.45) is 0 Å². The average Bonchev–Trinajstić information content (AvgIpc) is 2.67. The number of nitro benzene ring substituents is 6. The van der Waals surface area contributed by atoms with Gasteiger partial charge in [-0.05, 0) is 0 Å². The summed E-state index contributed by atoms with van der Waals surface area (Å²) in [5.41, 5.74) is -6.00. The van der Waals surface area contributed by atoms with Gasteiger partial charge in [0.2, 0.25) is 0 Å². The van der Waals surface area contributed by atoms with Crippen LogP contribution in [0.25, 0.3) is 0 Å². The first-order chi connectivity index (χ1) is 14.7. The van der Waals surface area contributed by atoms with E-state index in [1.807, 2.05) is 0 Å². The van der Waals surface area contributed by atoms with Gasteiger partial charge in [-0.1, -0.05) is 0 Å². The van der Waals surface area contributed by atoms with Crippen molar-refractivity contribution >= 4 is 83.0 Å². The number of non-ortho nitro benzene ring substituents is 2. The second kappa shape index (κ2) is 11.6. The van der Waals surface area contributed by atoms with Crippen molar-refractivity contribution in [3.63, 3.8) is 0 Å². The minimum absolute atomic E-state index is 0. The molecule has 0 atom stereocenters. The molecule has 2 N–H and O–H groups in total. The van der Waals surface area contributed by atoms with E-state index >= 15 is 0 Å². The standard InChI is InChI=1S/2C6H3N3O7.Ba/c2*10-6-4(8(13)14)1-3(7(11)12)2-5(6)9(15)16;/h2*1-2,10H;. The van der Waals surface area contributed by atoms with Crippen molar-refractivity contribution in [2.45, 2.75) is 0 Å². The number of aromatic hydroxyl groups is 2. The summed E-state index contributed by atoms with van der Waals surface area (Å²) in [4.78, 5) is 55.5. The molecule has 0 spiro atoms. The zero-order valence-corrected chi connectivity index (χ0v) is 19.9. The zero-order valence-electron chi connectivity index (χ0n) is 15.5. The fourth-order valence-electron chi connectivity index (χ4n) is 1.95. The van der Waals surface area contributed by atoms with E-state index in [1.165, 1.54) is 0 Å². The van der Waals surface area contributed by atoms with Crippen molar-refractivity contribution in [3.8, 4) is 11.5 Å². The van der Waals surface area contributed by atoms with Crippen LogP contribution in [-0.4, -0.2) is 88.6 Å². The molecule has 0 aliphatic carbocycles. The van der Waals surface area contributed by atoms with Crippen LogP contribution in [0, 0.1) is 60.7 Å². The van der Waals surface area contributed by atoms with E-state index in [4.69, 9.17) is 10.2 Å². The SMILES string of the molecule is O=[N+]([O-])c1cc([N+](=O)[O-])c(O)c([N+](=O)[O-])c1.O=[N+]([O-])c1cc([N+](=O)[O-])c(O)c([N+](=O)[O-])c1.[Ba]. The van der Waals surface area contributed by atoms with Gasteiger partial charge in [-0.25, -0.2) is 0 Å². The Morgan fingerprint density at radius 1 is 0.455 bits per heavy atom. The van der Waals surface area contributed by atoms with Crippen molar-refractivity contribution in [2.75, 3.05) is 0 Å². The summed E-state index contributed by atoms with van der Waals surface area (Å²) in [7, 11) is 0. The molecule has 2 radical (unpaired) electrons. The number of rotatable bonds is 6. The third-order valence-electron chi connectivity index (χ3n) is 3.32. The van der Waals surface area contributed by atoms with E-state index in [2.05, 4.69) is 0 Å². The van der Waals surface area contributed by atoms with Crippen LogP contribution in [-0.2, 0) is 0 Å². The molecule has 0 aliphatic heterocycles. The molecule has 0 aliphatic rings. The van der Waals surface area contributed by atoms with Crippen molar-refractivity contribution in [1.82, 2.24) is 0 Å². The molecule has 0 heterocycles. The second-order valence-electron chi connectivity index (χ2n) is 5.21. The molecule has 0 bridgehead atoms. The number of hydrogen-bond donors (Lipinski definition) is 2. The Morgan fingerprint density at radius 2 is 0.636 bits per heavy atom. The summed E-state index contributed by atoms with van der Waals surface area (Å²) in [5, 5.41) is 80.4. The average molecular weight is 596 g/mol. The molecule has 0 amide bonds. The molecular formula is C12H6BaN6O14. The number of phenolic OH excluding ortho intramolecular Hbond substituents is 2. The summed E-state index contributed by atoms with van der Waals surface area (Å²) in [6.07, 6.45) is 0. The normalized spacial score (nSPS) is 9.45. The third-order valence-corrected chi connectivity index (χ3v) is 3.32. The Bertz CT molecular complexity index is 1020. The molecule has 20 nitrogen and oxygen atoms in total. The molecule has 33 heavy (non-hydrogen) atoms. The van der Waals surface area contributed by atoms with E-state index in [0.29, 0.717) is 24.3 Å². The van der Waals surface area contributed by atoms with E-state index < -0.39 is 75.2 Å². The van der Waals surface area contributed by atoms with E-state index in [9.17, 15) is 60.7 Å². The Morgan fingerprint density at radius 3 is 0.758 bits per heavy atom. The maximum Gasteiger partial charge on any atom is 0.324 e. The van der Waals surface area contributed by atoms with Crippen LogP contribution in [0.15, 0.2) is 24.3 Å². The summed E-state index contributed by atoms with van der Waals surface area (Å²) >= 11 is 0. The summed E-state index contributed by atoms with van der Waals surface area (Å²) < 4.78 is 0. The van der Waals surface area contributed by atoms with E-state index in [0.717, 1.165) is 0 Å². The summed E-state index contributed by atoms with van der Waals surface area (Å²) in [6.45, 7) is 0.